The van der Waals surface area contributed by atoms with Crippen molar-refractivity contribution < 1.29 is 32.9 Å². The molecule has 454 valence electrons. The maximum Gasteiger partial charge on any atom is 0.472 e. The number of likely N-dealkylation sites (N-methyl/N-ethyl adjacent to an activating group) is 1. The number of nitrogens with zero attached hydrogens (tertiary/aromatic N) is 1. The molecule has 1 amide bonds. The fraction of sp³-hybridized carbons (Fsp3) is 0.868. The third kappa shape index (κ3) is 61.9. The zero-order chi connectivity index (χ0) is 56.3. The van der Waals surface area contributed by atoms with Gasteiger partial charge in [0.1, 0.15) is 13.2 Å². The number of unbranched alkanes of at least 4 members (excludes halogenated alkanes) is 43. The summed E-state index contributed by atoms with van der Waals surface area (Å²) in [6, 6.07) is -0.854. The highest BCUT2D eigenvalue weighted by molar-refractivity contribution is 7.47. The molecular formula is C68H132N2O6P+. The zero-order valence-electron chi connectivity index (χ0n) is 52.0. The van der Waals surface area contributed by atoms with Gasteiger partial charge in [-0.2, -0.15) is 0 Å². The Morgan fingerprint density at radius 2 is 0.740 bits per heavy atom. The second-order valence-corrected chi connectivity index (χ2v) is 25.7. The molecule has 77 heavy (non-hydrogen) atoms. The van der Waals surface area contributed by atoms with Gasteiger partial charge in [0.2, 0.25) is 5.91 Å². The summed E-state index contributed by atoms with van der Waals surface area (Å²) in [5.41, 5.74) is 0. The van der Waals surface area contributed by atoms with E-state index in [-0.39, 0.29) is 19.1 Å². The molecule has 0 saturated heterocycles. The maximum absolute atomic E-state index is 13.0. The van der Waals surface area contributed by atoms with Gasteiger partial charge in [0.05, 0.1) is 39.9 Å². The lowest BCUT2D eigenvalue weighted by Crippen LogP contribution is -2.45. The summed E-state index contributed by atoms with van der Waals surface area (Å²) in [4.78, 5) is 23.4. The van der Waals surface area contributed by atoms with E-state index in [1.165, 1.54) is 250 Å². The zero-order valence-corrected chi connectivity index (χ0v) is 52.9. The molecular weight excluding hydrogens is 972 g/mol. The number of quaternary nitrogens is 1. The molecule has 0 aliphatic heterocycles. The Bertz CT molecular complexity index is 1390. The van der Waals surface area contributed by atoms with Crippen molar-refractivity contribution in [1.82, 2.24) is 5.32 Å². The van der Waals surface area contributed by atoms with Crippen LogP contribution in [-0.4, -0.2) is 73.4 Å². The van der Waals surface area contributed by atoms with E-state index in [0.717, 1.165) is 57.8 Å². The van der Waals surface area contributed by atoms with Crippen LogP contribution in [0.4, 0.5) is 0 Å². The van der Waals surface area contributed by atoms with Gasteiger partial charge in [-0.1, -0.05) is 313 Å². The Morgan fingerprint density at radius 1 is 0.442 bits per heavy atom. The molecule has 0 radical (unpaired) electrons. The Hall–Kier alpha value is -1.54. The minimum atomic E-state index is -4.36. The number of aliphatic hydroxyl groups excluding tert-OH is 1. The van der Waals surface area contributed by atoms with Crippen LogP contribution in [0, 0.1) is 0 Å². The molecule has 0 spiro atoms. The predicted molar refractivity (Wildman–Crippen MR) is 337 cm³/mol. The van der Waals surface area contributed by atoms with Gasteiger partial charge in [0.25, 0.3) is 0 Å². The van der Waals surface area contributed by atoms with E-state index in [1.807, 2.05) is 27.2 Å². The molecule has 0 fully saturated rings. The minimum absolute atomic E-state index is 0.0593. The van der Waals surface area contributed by atoms with Crippen LogP contribution in [-0.2, 0) is 18.4 Å². The average molecular weight is 1100 g/mol. The minimum Gasteiger partial charge on any atom is -0.387 e. The molecule has 3 N–H and O–H groups in total. The average Bonchev–Trinajstić information content (AvgIpc) is 3.39. The standard InChI is InChI=1S/C68H131N2O6P/c1-6-8-10-12-14-16-18-20-22-24-26-28-30-31-32-33-34-35-36-37-38-40-41-43-45-47-49-51-53-55-57-59-61-67(71)66(65-76-77(73,74)75-64-63-70(3,4)5)69-68(72)62-60-58-56-54-52-50-48-46-44-42-39-29-27-25-23-21-19-17-15-13-11-9-7-2/h19,21,25,27,39,42,59,61,66-67,71H,6-18,20,22-24,26,28-38,40-41,43-58,60,62-65H2,1-5H3,(H-,69,72,73,74)/p+1/b21-19-,27-25-,42-39-,61-59+. The van der Waals surface area contributed by atoms with Crippen LogP contribution in [0.5, 0.6) is 0 Å². The van der Waals surface area contributed by atoms with Crippen molar-refractivity contribution in [1.29, 1.82) is 0 Å². The van der Waals surface area contributed by atoms with E-state index < -0.39 is 20.0 Å². The Labute approximate surface area is 479 Å². The third-order valence-corrected chi connectivity index (χ3v) is 16.3. The number of phosphoric ester groups is 1. The summed E-state index contributed by atoms with van der Waals surface area (Å²) in [5.74, 6) is -0.181. The predicted octanol–water partition coefficient (Wildman–Crippen LogP) is 21.1. The number of allylic oxidation sites excluding steroid dienone is 7. The highest BCUT2D eigenvalue weighted by atomic mass is 31.2. The number of carbonyl (C=O) groups excluding carboxylic acids is 1. The second-order valence-electron chi connectivity index (χ2n) is 24.2. The molecule has 0 aliphatic carbocycles. The first kappa shape index (κ1) is 75.5. The molecule has 0 aromatic rings. The second kappa shape index (κ2) is 59.1. The van der Waals surface area contributed by atoms with E-state index in [4.69, 9.17) is 9.05 Å². The summed E-state index contributed by atoms with van der Waals surface area (Å²) < 4.78 is 23.8. The van der Waals surface area contributed by atoms with Crippen LogP contribution in [0.15, 0.2) is 48.6 Å². The first-order chi connectivity index (χ1) is 37.5. The van der Waals surface area contributed by atoms with Crippen molar-refractivity contribution in [3.8, 4) is 0 Å². The molecule has 0 aliphatic rings. The Morgan fingerprint density at radius 3 is 1.08 bits per heavy atom. The Balaban J connectivity index is 4.09. The van der Waals surface area contributed by atoms with E-state index in [0.29, 0.717) is 17.4 Å². The lowest BCUT2D eigenvalue weighted by molar-refractivity contribution is -0.870. The van der Waals surface area contributed by atoms with Crippen LogP contribution in [0.2, 0.25) is 0 Å². The van der Waals surface area contributed by atoms with Crippen molar-refractivity contribution in [2.75, 3.05) is 40.9 Å². The summed E-state index contributed by atoms with van der Waals surface area (Å²) in [7, 11) is 1.57. The van der Waals surface area contributed by atoms with Crippen molar-refractivity contribution in [2.24, 2.45) is 0 Å². The van der Waals surface area contributed by atoms with Gasteiger partial charge < -0.3 is 19.8 Å². The van der Waals surface area contributed by atoms with Gasteiger partial charge in [-0.05, 0) is 57.8 Å². The number of hydrogen-bond donors (Lipinski definition) is 3. The van der Waals surface area contributed by atoms with Gasteiger partial charge in [-0.15, -0.1) is 0 Å². The number of rotatable bonds is 62. The van der Waals surface area contributed by atoms with E-state index in [2.05, 4.69) is 55.6 Å². The molecule has 0 aromatic heterocycles. The molecule has 3 unspecified atom stereocenters. The van der Waals surface area contributed by atoms with Crippen LogP contribution in [0.25, 0.3) is 0 Å². The lowest BCUT2D eigenvalue weighted by Gasteiger charge is -2.25. The number of aliphatic hydroxyl groups is 1. The summed E-state index contributed by atoms with van der Waals surface area (Å²) in [6.07, 6.45) is 79.6. The van der Waals surface area contributed by atoms with E-state index in [1.54, 1.807) is 6.08 Å². The SMILES string of the molecule is CCCCCCC/C=C\C/C=C\C/C=C\CCCCCCCCCCC(=O)NC(COP(=O)(O)OCC[N+](C)(C)C)C(O)/C=C/CCCCCCCCCCCCCCCCCCCCCCCCCCCCCCCC. The van der Waals surface area contributed by atoms with Gasteiger partial charge in [0.15, 0.2) is 0 Å². The number of nitrogens with one attached hydrogen (secondary N) is 1. The first-order valence-corrected chi connectivity index (χ1v) is 35.0. The quantitative estimate of drug-likeness (QED) is 0.0243. The van der Waals surface area contributed by atoms with Gasteiger partial charge >= 0.3 is 7.82 Å². The first-order valence-electron chi connectivity index (χ1n) is 33.5. The van der Waals surface area contributed by atoms with Crippen LogP contribution in [0.1, 0.15) is 328 Å². The van der Waals surface area contributed by atoms with Crippen molar-refractivity contribution in [2.45, 2.75) is 341 Å². The van der Waals surface area contributed by atoms with Gasteiger partial charge in [-0.3, -0.25) is 13.8 Å². The monoisotopic (exact) mass is 1100 g/mol. The van der Waals surface area contributed by atoms with Crippen molar-refractivity contribution in [3.05, 3.63) is 48.6 Å². The molecule has 0 heterocycles. The summed E-state index contributed by atoms with van der Waals surface area (Å²) in [6.45, 7) is 4.84. The van der Waals surface area contributed by atoms with Gasteiger partial charge in [-0.25, -0.2) is 4.57 Å². The maximum atomic E-state index is 13.0. The molecule has 0 bridgehead atoms. The summed E-state index contributed by atoms with van der Waals surface area (Å²) in [5, 5.41) is 14.0. The highest BCUT2D eigenvalue weighted by Gasteiger charge is 2.28. The fourth-order valence-corrected chi connectivity index (χ4v) is 10.8. The third-order valence-electron chi connectivity index (χ3n) is 15.3. The van der Waals surface area contributed by atoms with Crippen LogP contribution < -0.4 is 5.32 Å². The largest absolute Gasteiger partial charge is 0.472 e. The normalized spacial score (nSPS) is 14.0. The molecule has 8 nitrogen and oxygen atoms in total. The van der Waals surface area contributed by atoms with E-state index in [9.17, 15) is 19.4 Å². The highest BCUT2D eigenvalue weighted by Crippen LogP contribution is 2.43. The number of phosphoric acid groups is 1. The van der Waals surface area contributed by atoms with Crippen molar-refractivity contribution >= 4 is 13.7 Å². The molecule has 9 heteroatoms. The number of amides is 1. The lowest BCUT2D eigenvalue weighted by atomic mass is 10.0. The number of hydrogen-bond acceptors (Lipinski definition) is 5. The number of carbonyl (C=O) groups is 1. The van der Waals surface area contributed by atoms with Crippen LogP contribution in [0.3, 0.4) is 0 Å². The summed E-state index contributed by atoms with van der Waals surface area (Å²) >= 11 is 0. The Kier molecular flexibility index (Phi) is 57.9. The van der Waals surface area contributed by atoms with E-state index >= 15 is 0 Å². The van der Waals surface area contributed by atoms with Gasteiger partial charge in [0, 0.05) is 6.42 Å². The smallest absolute Gasteiger partial charge is 0.387 e. The topological polar surface area (TPSA) is 105 Å². The fourth-order valence-electron chi connectivity index (χ4n) is 10.1. The van der Waals surface area contributed by atoms with Crippen molar-refractivity contribution in [3.63, 3.8) is 0 Å². The molecule has 3 atom stereocenters. The van der Waals surface area contributed by atoms with Crippen LogP contribution >= 0.6 is 7.82 Å². The molecule has 0 aromatic carbocycles. The molecule has 0 saturated carbocycles. The molecule has 0 rings (SSSR count).